The molecule has 1 aromatic carbocycles. The maximum absolute atomic E-state index is 10.1. The van der Waals surface area contributed by atoms with Gasteiger partial charge in [0.05, 0.1) is 10.7 Å². The third-order valence-electron chi connectivity index (χ3n) is 1.38. The summed E-state index contributed by atoms with van der Waals surface area (Å²) in [5, 5.41) is 0.504. The number of hydrogen-bond acceptors (Lipinski definition) is 2. The predicted octanol–water partition coefficient (Wildman–Crippen LogP) is 1.66. The standard InChI is InChI=1S/C8H8ClNO/c9-7-5-6(3-4-11)1-2-8(7)10/h1-2,4-5H,3,10H2. The number of benzene rings is 1. The lowest BCUT2D eigenvalue weighted by Crippen LogP contribution is -1.89. The molecule has 0 aliphatic carbocycles. The largest absolute Gasteiger partial charge is 0.398 e. The van der Waals surface area contributed by atoms with Gasteiger partial charge in [-0.25, -0.2) is 0 Å². The fourth-order valence-corrected chi connectivity index (χ4v) is 0.997. The number of anilines is 1. The van der Waals surface area contributed by atoms with Crippen molar-refractivity contribution in [2.75, 3.05) is 5.73 Å². The van der Waals surface area contributed by atoms with Crippen LogP contribution in [0.2, 0.25) is 5.02 Å². The molecular formula is C8H8ClNO. The molecule has 1 rings (SSSR count). The summed E-state index contributed by atoms with van der Waals surface area (Å²) < 4.78 is 0. The number of hydrogen-bond donors (Lipinski definition) is 1. The van der Waals surface area contributed by atoms with Crippen molar-refractivity contribution in [3.63, 3.8) is 0 Å². The van der Waals surface area contributed by atoms with Crippen molar-refractivity contribution in [2.45, 2.75) is 6.42 Å². The lowest BCUT2D eigenvalue weighted by Gasteiger charge is -1.98. The first-order valence-corrected chi connectivity index (χ1v) is 3.59. The lowest BCUT2D eigenvalue weighted by molar-refractivity contribution is -0.107. The molecule has 0 bridgehead atoms. The van der Waals surface area contributed by atoms with E-state index in [9.17, 15) is 4.79 Å². The van der Waals surface area contributed by atoms with E-state index >= 15 is 0 Å². The van der Waals surface area contributed by atoms with Crippen LogP contribution in [0.4, 0.5) is 5.69 Å². The summed E-state index contributed by atoms with van der Waals surface area (Å²) in [6, 6.07) is 5.18. The smallest absolute Gasteiger partial charge is 0.124 e. The molecule has 0 unspecified atom stereocenters. The Morgan fingerprint density at radius 1 is 1.55 bits per heavy atom. The maximum atomic E-state index is 10.1. The Kier molecular flexibility index (Phi) is 2.49. The zero-order valence-electron chi connectivity index (χ0n) is 5.88. The van der Waals surface area contributed by atoms with Crippen LogP contribution >= 0.6 is 11.6 Å². The molecule has 3 heteroatoms. The monoisotopic (exact) mass is 169 g/mol. The SMILES string of the molecule is Nc1ccc(CC=O)cc1Cl. The van der Waals surface area contributed by atoms with Gasteiger partial charge in [-0.2, -0.15) is 0 Å². The van der Waals surface area contributed by atoms with Gasteiger partial charge < -0.3 is 10.5 Å². The van der Waals surface area contributed by atoms with Crippen molar-refractivity contribution >= 4 is 23.6 Å². The van der Waals surface area contributed by atoms with Crippen LogP contribution in [0.25, 0.3) is 0 Å². The van der Waals surface area contributed by atoms with Gasteiger partial charge in [0.25, 0.3) is 0 Å². The van der Waals surface area contributed by atoms with Crippen molar-refractivity contribution in [3.05, 3.63) is 28.8 Å². The van der Waals surface area contributed by atoms with E-state index in [2.05, 4.69) is 0 Å². The van der Waals surface area contributed by atoms with Gasteiger partial charge in [0.2, 0.25) is 0 Å². The topological polar surface area (TPSA) is 43.1 Å². The third kappa shape index (κ3) is 1.95. The maximum Gasteiger partial charge on any atom is 0.124 e. The van der Waals surface area contributed by atoms with Crippen molar-refractivity contribution in [2.24, 2.45) is 0 Å². The molecule has 0 aliphatic rings. The van der Waals surface area contributed by atoms with E-state index < -0.39 is 0 Å². The second kappa shape index (κ2) is 3.39. The number of rotatable bonds is 2. The molecule has 0 saturated heterocycles. The summed E-state index contributed by atoms with van der Waals surface area (Å²) >= 11 is 5.71. The van der Waals surface area contributed by atoms with E-state index in [1.807, 2.05) is 0 Å². The van der Waals surface area contributed by atoms with Crippen molar-refractivity contribution in [1.82, 2.24) is 0 Å². The minimum Gasteiger partial charge on any atom is -0.398 e. The van der Waals surface area contributed by atoms with Crippen LogP contribution in [-0.2, 0) is 11.2 Å². The first kappa shape index (κ1) is 8.08. The molecule has 0 saturated carbocycles. The zero-order valence-corrected chi connectivity index (χ0v) is 6.64. The molecular weight excluding hydrogens is 162 g/mol. The molecule has 11 heavy (non-hydrogen) atoms. The van der Waals surface area contributed by atoms with E-state index in [1.54, 1.807) is 18.2 Å². The highest BCUT2D eigenvalue weighted by molar-refractivity contribution is 6.33. The molecule has 0 amide bonds. The predicted molar refractivity (Wildman–Crippen MR) is 45.6 cm³/mol. The lowest BCUT2D eigenvalue weighted by atomic mass is 10.1. The molecule has 0 spiro atoms. The van der Waals surface area contributed by atoms with Crippen LogP contribution in [0, 0.1) is 0 Å². The average molecular weight is 170 g/mol. The molecule has 0 atom stereocenters. The number of nitrogens with two attached hydrogens (primary N) is 1. The highest BCUT2D eigenvalue weighted by Gasteiger charge is 1.96. The van der Waals surface area contributed by atoms with Gasteiger partial charge >= 0.3 is 0 Å². The van der Waals surface area contributed by atoms with Crippen molar-refractivity contribution < 1.29 is 4.79 Å². The highest BCUT2D eigenvalue weighted by atomic mass is 35.5. The van der Waals surface area contributed by atoms with Gasteiger partial charge in [-0.3, -0.25) is 0 Å². The quantitative estimate of drug-likeness (QED) is 0.541. The second-order valence-electron chi connectivity index (χ2n) is 2.23. The summed E-state index contributed by atoms with van der Waals surface area (Å²) in [4.78, 5) is 10.1. The number of carbonyl (C=O) groups is 1. The first-order valence-electron chi connectivity index (χ1n) is 3.21. The van der Waals surface area contributed by atoms with Crippen LogP contribution in [0.3, 0.4) is 0 Å². The van der Waals surface area contributed by atoms with Crippen LogP contribution < -0.4 is 5.73 Å². The molecule has 0 aliphatic heterocycles. The fraction of sp³-hybridized carbons (Fsp3) is 0.125. The van der Waals surface area contributed by atoms with Gasteiger partial charge in [0.15, 0.2) is 0 Å². The van der Waals surface area contributed by atoms with E-state index in [-0.39, 0.29) is 0 Å². The Morgan fingerprint density at radius 3 is 2.82 bits per heavy atom. The minimum absolute atomic E-state index is 0.389. The summed E-state index contributed by atoms with van der Waals surface area (Å²) in [5.41, 5.74) is 6.90. The highest BCUT2D eigenvalue weighted by Crippen LogP contribution is 2.19. The summed E-state index contributed by atoms with van der Waals surface area (Å²) in [7, 11) is 0. The van der Waals surface area contributed by atoms with E-state index in [0.29, 0.717) is 17.1 Å². The molecule has 0 fully saturated rings. The summed E-state index contributed by atoms with van der Waals surface area (Å²) in [5.74, 6) is 0. The molecule has 1 aromatic rings. The summed E-state index contributed by atoms with van der Waals surface area (Å²) in [6.45, 7) is 0. The number of halogens is 1. The molecule has 2 N–H and O–H groups in total. The van der Waals surface area contributed by atoms with Gasteiger partial charge in [-0.1, -0.05) is 17.7 Å². The van der Waals surface area contributed by atoms with Gasteiger partial charge in [-0.15, -0.1) is 0 Å². The van der Waals surface area contributed by atoms with Crippen LogP contribution in [0.5, 0.6) is 0 Å². The summed E-state index contributed by atoms with van der Waals surface area (Å²) in [6.07, 6.45) is 1.22. The molecule has 58 valence electrons. The number of nitrogen functional groups attached to an aromatic ring is 1. The Balaban J connectivity index is 2.95. The van der Waals surface area contributed by atoms with E-state index in [1.165, 1.54) is 0 Å². The molecule has 0 radical (unpaired) electrons. The molecule has 0 aromatic heterocycles. The Hall–Kier alpha value is -1.02. The molecule has 0 heterocycles. The van der Waals surface area contributed by atoms with Gasteiger partial charge in [0, 0.05) is 6.42 Å². The fourth-order valence-electron chi connectivity index (χ4n) is 0.794. The number of carbonyl (C=O) groups excluding carboxylic acids is 1. The molecule has 2 nitrogen and oxygen atoms in total. The third-order valence-corrected chi connectivity index (χ3v) is 1.71. The zero-order chi connectivity index (χ0) is 8.27. The Labute approximate surface area is 70.0 Å². The Bertz CT molecular complexity index is 273. The first-order chi connectivity index (χ1) is 5.24. The van der Waals surface area contributed by atoms with Crippen molar-refractivity contribution in [1.29, 1.82) is 0 Å². The van der Waals surface area contributed by atoms with Crippen LogP contribution in [0.1, 0.15) is 5.56 Å². The van der Waals surface area contributed by atoms with E-state index in [4.69, 9.17) is 17.3 Å². The van der Waals surface area contributed by atoms with Crippen molar-refractivity contribution in [3.8, 4) is 0 Å². The van der Waals surface area contributed by atoms with E-state index in [0.717, 1.165) is 11.8 Å². The normalized spacial score (nSPS) is 9.55. The van der Waals surface area contributed by atoms with Crippen LogP contribution in [0.15, 0.2) is 18.2 Å². The number of aldehydes is 1. The van der Waals surface area contributed by atoms with Gasteiger partial charge in [-0.05, 0) is 17.7 Å². The second-order valence-corrected chi connectivity index (χ2v) is 2.63. The van der Waals surface area contributed by atoms with Gasteiger partial charge in [0.1, 0.15) is 6.29 Å². The minimum atomic E-state index is 0.389. The van der Waals surface area contributed by atoms with Crippen LogP contribution in [-0.4, -0.2) is 6.29 Å². The Morgan fingerprint density at radius 2 is 2.27 bits per heavy atom. The average Bonchev–Trinajstić information content (AvgIpc) is 1.98.